The molecule has 0 radical (unpaired) electrons. The zero-order valence-corrected chi connectivity index (χ0v) is 15.3. The molecule has 6 heteroatoms. The van der Waals surface area contributed by atoms with Gasteiger partial charge >= 0.3 is 0 Å². The fourth-order valence-electron chi connectivity index (χ4n) is 2.99. The van der Waals surface area contributed by atoms with E-state index in [1.54, 1.807) is 21.3 Å². The van der Waals surface area contributed by atoms with Crippen molar-refractivity contribution >= 4 is 11.0 Å². The van der Waals surface area contributed by atoms with Gasteiger partial charge in [-0.05, 0) is 48.5 Å². The first-order chi connectivity index (χ1) is 13.2. The van der Waals surface area contributed by atoms with Gasteiger partial charge in [-0.2, -0.15) is 5.10 Å². The normalized spacial score (nSPS) is 10.8. The first-order valence-electron chi connectivity index (χ1n) is 8.45. The van der Waals surface area contributed by atoms with E-state index in [1.165, 1.54) is 0 Å². The Balaban J connectivity index is 1.76. The summed E-state index contributed by atoms with van der Waals surface area (Å²) in [6.45, 7) is 0. The Bertz CT molecular complexity index is 1070. The number of fused-ring (bicyclic) bond motifs is 1. The van der Waals surface area contributed by atoms with E-state index in [0.717, 1.165) is 50.8 Å². The molecule has 136 valence electrons. The van der Waals surface area contributed by atoms with Crippen LogP contribution in [0.25, 0.3) is 33.5 Å². The molecule has 1 N–H and O–H groups in total. The van der Waals surface area contributed by atoms with Crippen LogP contribution in [-0.2, 0) is 0 Å². The van der Waals surface area contributed by atoms with Crippen molar-refractivity contribution in [3.8, 4) is 39.8 Å². The van der Waals surface area contributed by atoms with Crippen molar-refractivity contribution in [3.63, 3.8) is 0 Å². The summed E-state index contributed by atoms with van der Waals surface area (Å²) in [7, 11) is 4.91. The second-order valence-corrected chi connectivity index (χ2v) is 5.99. The van der Waals surface area contributed by atoms with E-state index in [2.05, 4.69) is 10.2 Å². The third kappa shape index (κ3) is 3.17. The Morgan fingerprint density at radius 1 is 0.704 bits per heavy atom. The third-order valence-corrected chi connectivity index (χ3v) is 4.43. The number of nitrogens with one attached hydrogen (secondary N) is 1. The van der Waals surface area contributed by atoms with Gasteiger partial charge < -0.3 is 14.2 Å². The number of hydrogen-bond donors (Lipinski definition) is 1. The highest BCUT2D eigenvalue weighted by molar-refractivity contribution is 5.92. The summed E-state index contributed by atoms with van der Waals surface area (Å²) in [5, 5.41) is 8.43. The number of nitrogens with zero attached hydrogens (tertiary/aromatic N) is 2. The average molecular weight is 361 g/mol. The number of benzene rings is 2. The SMILES string of the molecule is COc1ccc(-c2n[nH]c3nc(-c4cc(OC)cc(OC)c4)ccc23)cc1. The van der Waals surface area contributed by atoms with Gasteiger partial charge in [-0.3, -0.25) is 5.10 Å². The van der Waals surface area contributed by atoms with Crippen LogP contribution in [0.5, 0.6) is 17.2 Å². The fraction of sp³-hybridized carbons (Fsp3) is 0.143. The monoisotopic (exact) mass is 361 g/mol. The van der Waals surface area contributed by atoms with Crippen molar-refractivity contribution in [1.82, 2.24) is 15.2 Å². The van der Waals surface area contributed by atoms with Gasteiger partial charge in [0, 0.05) is 22.6 Å². The fourth-order valence-corrected chi connectivity index (χ4v) is 2.99. The average Bonchev–Trinajstić information content (AvgIpc) is 3.16. The summed E-state index contributed by atoms with van der Waals surface area (Å²) < 4.78 is 15.9. The van der Waals surface area contributed by atoms with Crippen molar-refractivity contribution in [2.75, 3.05) is 21.3 Å². The molecule has 0 unspecified atom stereocenters. The summed E-state index contributed by atoms with van der Waals surface area (Å²) in [5.74, 6) is 2.25. The van der Waals surface area contributed by atoms with Crippen LogP contribution in [0.3, 0.4) is 0 Å². The molecule has 2 heterocycles. The van der Waals surface area contributed by atoms with E-state index in [-0.39, 0.29) is 0 Å². The number of hydrogen-bond acceptors (Lipinski definition) is 5. The predicted octanol–water partition coefficient (Wildman–Crippen LogP) is 4.32. The lowest BCUT2D eigenvalue weighted by atomic mass is 10.1. The van der Waals surface area contributed by atoms with Gasteiger partial charge in [-0.1, -0.05) is 0 Å². The van der Waals surface area contributed by atoms with E-state index in [1.807, 2.05) is 54.6 Å². The van der Waals surface area contributed by atoms with Gasteiger partial charge in [0.25, 0.3) is 0 Å². The molecular formula is C21H19N3O3. The van der Waals surface area contributed by atoms with Crippen molar-refractivity contribution in [3.05, 3.63) is 54.6 Å². The summed E-state index contributed by atoms with van der Waals surface area (Å²) in [6, 6.07) is 17.5. The summed E-state index contributed by atoms with van der Waals surface area (Å²) in [4.78, 5) is 4.72. The lowest BCUT2D eigenvalue weighted by Gasteiger charge is -2.08. The summed E-state index contributed by atoms with van der Waals surface area (Å²) >= 11 is 0. The maximum absolute atomic E-state index is 5.35. The number of aromatic nitrogens is 3. The highest BCUT2D eigenvalue weighted by atomic mass is 16.5. The number of aromatic amines is 1. The minimum absolute atomic E-state index is 0.717. The van der Waals surface area contributed by atoms with Crippen molar-refractivity contribution < 1.29 is 14.2 Å². The largest absolute Gasteiger partial charge is 0.497 e. The molecule has 4 aromatic rings. The number of rotatable bonds is 5. The standard InChI is InChI=1S/C21H19N3O3/c1-25-15-6-4-13(5-7-15)20-18-8-9-19(22-21(18)24-23-20)14-10-16(26-2)12-17(11-14)27-3/h4-12H,1-3H3,(H,22,23,24). The molecule has 4 rings (SSSR count). The first kappa shape index (κ1) is 16.9. The number of methoxy groups -OCH3 is 3. The Morgan fingerprint density at radius 3 is 2.00 bits per heavy atom. The lowest BCUT2D eigenvalue weighted by Crippen LogP contribution is -1.90. The molecule has 0 saturated heterocycles. The number of pyridine rings is 1. The molecule has 0 aliphatic rings. The molecule has 0 atom stereocenters. The zero-order valence-electron chi connectivity index (χ0n) is 15.3. The van der Waals surface area contributed by atoms with Crippen LogP contribution in [0.2, 0.25) is 0 Å². The highest BCUT2D eigenvalue weighted by Crippen LogP contribution is 2.32. The lowest BCUT2D eigenvalue weighted by molar-refractivity contribution is 0.394. The molecule has 0 bridgehead atoms. The Morgan fingerprint density at radius 2 is 1.37 bits per heavy atom. The highest BCUT2D eigenvalue weighted by Gasteiger charge is 2.12. The molecule has 0 saturated carbocycles. The van der Waals surface area contributed by atoms with Crippen molar-refractivity contribution in [1.29, 1.82) is 0 Å². The summed E-state index contributed by atoms with van der Waals surface area (Å²) in [5.41, 5.74) is 4.30. The van der Waals surface area contributed by atoms with Crippen LogP contribution in [0.4, 0.5) is 0 Å². The molecule has 0 spiro atoms. The quantitative estimate of drug-likeness (QED) is 0.573. The van der Waals surface area contributed by atoms with Gasteiger partial charge in [-0.15, -0.1) is 0 Å². The van der Waals surface area contributed by atoms with Crippen LogP contribution in [0, 0.1) is 0 Å². The molecular weight excluding hydrogens is 342 g/mol. The second kappa shape index (κ2) is 6.99. The molecule has 0 aliphatic heterocycles. The van der Waals surface area contributed by atoms with E-state index >= 15 is 0 Å². The van der Waals surface area contributed by atoms with Crippen molar-refractivity contribution in [2.24, 2.45) is 0 Å². The molecule has 27 heavy (non-hydrogen) atoms. The second-order valence-electron chi connectivity index (χ2n) is 5.99. The van der Waals surface area contributed by atoms with Gasteiger partial charge in [0.2, 0.25) is 0 Å². The maximum atomic E-state index is 5.35. The smallest absolute Gasteiger partial charge is 0.156 e. The van der Waals surface area contributed by atoms with Crippen LogP contribution in [0.1, 0.15) is 0 Å². The molecule has 0 aliphatic carbocycles. The van der Waals surface area contributed by atoms with Crippen LogP contribution in [0.15, 0.2) is 54.6 Å². The van der Waals surface area contributed by atoms with Crippen LogP contribution in [-0.4, -0.2) is 36.5 Å². The van der Waals surface area contributed by atoms with Gasteiger partial charge in [0.1, 0.15) is 22.9 Å². The van der Waals surface area contributed by atoms with E-state index in [9.17, 15) is 0 Å². The van der Waals surface area contributed by atoms with E-state index in [0.29, 0.717) is 0 Å². The van der Waals surface area contributed by atoms with Gasteiger partial charge in [-0.25, -0.2) is 4.98 Å². The summed E-state index contributed by atoms with van der Waals surface area (Å²) in [6.07, 6.45) is 0. The zero-order chi connectivity index (χ0) is 18.8. The minimum Gasteiger partial charge on any atom is -0.497 e. The molecule has 2 aromatic heterocycles. The first-order valence-corrected chi connectivity index (χ1v) is 8.45. The van der Waals surface area contributed by atoms with Crippen LogP contribution < -0.4 is 14.2 Å². The third-order valence-electron chi connectivity index (χ3n) is 4.43. The minimum atomic E-state index is 0.717. The van der Waals surface area contributed by atoms with Gasteiger partial charge in [0.05, 0.1) is 27.0 Å². The Labute approximate surface area is 156 Å². The predicted molar refractivity (Wildman–Crippen MR) is 104 cm³/mol. The van der Waals surface area contributed by atoms with E-state index < -0.39 is 0 Å². The van der Waals surface area contributed by atoms with Crippen molar-refractivity contribution in [2.45, 2.75) is 0 Å². The van der Waals surface area contributed by atoms with Gasteiger partial charge in [0.15, 0.2) is 5.65 Å². The Kier molecular flexibility index (Phi) is 4.38. The van der Waals surface area contributed by atoms with E-state index in [4.69, 9.17) is 19.2 Å². The van der Waals surface area contributed by atoms with Crippen LogP contribution >= 0.6 is 0 Å². The molecule has 0 amide bonds. The number of ether oxygens (including phenoxy) is 3. The Hall–Kier alpha value is -3.54. The molecule has 0 fully saturated rings. The maximum Gasteiger partial charge on any atom is 0.156 e. The molecule has 6 nitrogen and oxygen atoms in total. The molecule has 2 aromatic carbocycles. The topological polar surface area (TPSA) is 69.3 Å². The number of H-pyrrole nitrogens is 1.